The smallest absolute Gasteiger partial charge is 0.257 e. The maximum Gasteiger partial charge on any atom is 0.257 e. The fourth-order valence-corrected chi connectivity index (χ4v) is 3.50. The molecule has 0 aliphatic carbocycles. The molecule has 1 aromatic carbocycles. The van der Waals surface area contributed by atoms with E-state index in [1.807, 2.05) is 24.3 Å². The van der Waals surface area contributed by atoms with Crippen molar-refractivity contribution in [1.82, 2.24) is 10.2 Å². The third-order valence-corrected chi connectivity index (χ3v) is 4.64. The molecule has 1 fully saturated rings. The number of morpholine rings is 1. The van der Waals surface area contributed by atoms with Crippen LogP contribution in [0.2, 0.25) is 0 Å². The van der Waals surface area contributed by atoms with Crippen LogP contribution in [0.3, 0.4) is 0 Å². The summed E-state index contributed by atoms with van der Waals surface area (Å²) in [4.78, 5) is 14.6. The topological polar surface area (TPSA) is 67.4 Å². The largest absolute Gasteiger partial charge is 0.378 e. The maximum atomic E-state index is 12.3. The molecule has 0 radical (unpaired) electrons. The van der Waals surface area contributed by atoms with E-state index >= 15 is 0 Å². The Morgan fingerprint density at radius 3 is 2.62 bits per heavy atom. The molecule has 1 aliphatic heterocycles. The van der Waals surface area contributed by atoms with Gasteiger partial charge in [-0.1, -0.05) is 25.2 Å². The summed E-state index contributed by atoms with van der Waals surface area (Å²) in [5, 5.41) is 12.5. The molecule has 0 saturated carbocycles. The van der Waals surface area contributed by atoms with Crippen LogP contribution in [0.25, 0.3) is 0 Å². The lowest BCUT2D eigenvalue weighted by atomic mass is 10.1. The highest BCUT2D eigenvalue weighted by Gasteiger charge is 2.14. The number of carbonyl (C=O) groups is 1. The summed E-state index contributed by atoms with van der Waals surface area (Å²) in [6, 6.07) is 7.64. The normalized spacial score (nSPS) is 14.9. The van der Waals surface area contributed by atoms with Crippen LogP contribution in [-0.2, 0) is 11.2 Å². The molecule has 1 aromatic heterocycles. The lowest BCUT2D eigenvalue weighted by molar-refractivity contribution is 0.102. The molecular weight excluding hydrogens is 324 g/mol. The zero-order valence-electron chi connectivity index (χ0n) is 14.0. The third kappa shape index (κ3) is 4.30. The van der Waals surface area contributed by atoms with Gasteiger partial charge in [0.2, 0.25) is 5.13 Å². The first-order valence-electron chi connectivity index (χ1n) is 8.18. The van der Waals surface area contributed by atoms with Crippen molar-refractivity contribution in [3.05, 3.63) is 34.8 Å². The van der Waals surface area contributed by atoms with Crippen molar-refractivity contribution in [3.8, 4) is 0 Å². The molecule has 1 saturated heterocycles. The van der Waals surface area contributed by atoms with Crippen LogP contribution in [-0.4, -0.2) is 42.4 Å². The maximum absolute atomic E-state index is 12.3. The van der Waals surface area contributed by atoms with Crippen molar-refractivity contribution < 1.29 is 9.53 Å². The summed E-state index contributed by atoms with van der Waals surface area (Å²) < 4.78 is 5.36. The second kappa shape index (κ2) is 7.72. The second-order valence-corrected chi connectivity index (χ2v) is 7.26. The van der Waals surface area contributed by atoms with E-state index in [0.29, 0.717) is 16.6 Å². The molecule has 3 rings (SSSR count). The molecule has 1 amide bonds. The van der Waals surface area contributed by atoms with Gasteiger partial charge in [0.05, 0.1) is 13.2 Å². The van der Waals surface area contributed by atoms with Gasteiger partial charge >= 0.3 is 0 Å². The summed E-state index contributed by atoms with van der Waals surface area (Å²) in [6.45, 7) is 7.53. The van der Waals surface area contributed by atoms with E-state index in [2.05, 4.69) is 34.3 Å². The van der Waals surface area contributed by atoms with Crippen molar-refractivity contribution >= 4 is 28.1 Å². The number of nitrogens with one attached hydrogen (secondary N) is 1. The fraction of sp³-hybridized carbons (Fsp3) is 0.471. The monoisotopic (exact) mass is 346 g/mol. The Balaban J connectivity index is 1.61. The predicted octanol–water partition coefficient (Wildman–Crippen LogP) is 2.83. The molecule has 0 bridgehead atoms. The Morgan fingerprint density at radius 2 is 1.96 bits per heavy atom. The number of ether oxygens (including phenoxy) is 1. The van der Waals surface area contributed by atoms with Gasteiger partial charge in [-0.2, -0.15) is 0 Å². The Labute approximate surface area is 145 Å². The lowest BCUT2D eigenvalue weighted by Gasteiger charge is -2.28. The van der Waals surface area contributed by atoms with E-state index in [0.717, 1.165) is 43.4 Å². The van der Waals surface area contributed by atoms with Crippen LogP contribution >= 0.6 is 11.3 Å². The summed E-state index contributed by atoms with van der Waals surface area (Å²) in [6.07, 6.45) is 0.877. The molecule has 0 atom stereocenters. The molecular formula is C17H22N4O2S. The van der Waals surface area contributed by atoms with Gasteiger partial charge in [-0.3, -0.25) is 10.1 Å². The number of hydrogen-bond donors (Lipinski definition) is 1. The number of rotatable bonds is 5. The van der Waals surface area contributed by atoms with Gasteiger partial charge in [-0.15, -0.1) is 10.2 Å². The minimum atomic E-state index is -0.157. The minimum Gasteiger partial charge on any atom is -0.378 e. The fourth-order valence-electron chi connectivity index (χ4n) is 2.55. The summed E-state index contributed by atoms with van der Waals surface area (Å²) >= 11 is 1.43. The van der Waals surface area contributed by atoms with E-state index in [1.165, 1.54) is 11.3 Å². The predicted molar refractivity (Wildman–Crippen MR) is 95.9 cm³/mol. The molecule has 2 aromatic rings. The van der Waals surface area contributed by atoms with Gasteiger partial charge in [0.25, 0.3) is 5.91 Å². The number of carbonyl (C=O) groups excluding carboxylic acids is 1. The molecule has 6 nitrogen and oxygen atoms in total. The van der Waals surface area contributed by atoms with Crippen LogP contribution in [0, 0.1) is 5.92 Å². The minimum absolute atomic E-state index is 0.157. The van der Waals surface area contributed by atoms with Crippen molar-refractivity contribution in [3.63, 3.8) is 0 Å². The van der Waals surface area contributed by atoms with E-state index in [4.69, 9.17) is 4.74 Å². The Bertz CT molecular complexity index is 678. The highest BCUT2D eigenvalue weighted by atomic mass is 32.1. The van der Waals surface area contributed by atoms with Gasteiger partial charge in [0.15, 0.2) is 0 Å². The standard InChI is InChI=1S/C17H22N4O2S/c1-12(2)11-15-19-20-17(24-15)18-16(22)13-3-5-14(6-4-13)21-7-9-23-10-8-21/h3-6,12H,7-11H2,1-2H3,(H,18,20,22). The highest BCUT2D eigenvalue weighted by molar-refractivity contribution is 7.15. The Morgan fingerprint density at radius 1 is 1.25 bits per heavy atom. The second-order valence-electron chi connectivity index (χ2n) is 6.20. The molecule has 2 heterocycles. The van der Waals surface area contributed by atoms with Crippen molar-refractivity contribution in [2.75, 3.05) is 36.5 Å². The van der Waals surface area contributed by atoms with Crippen molar-refractivity contribution in [2.45, 2.75) is 20.3 Å². The summed E-state index contributed by atoms with van der Waals surface area (Å²) in [7, 11) is 0. The Hall–Kier alpha value is -1.99. The van der Waals surface area contributed by atoms with E-state index in [1.54, 1.807) is 0 Å². The van der Waals surface area contributed by atoms with Gasteiger partial charge in [-0.05, 0) is 30.2 Å². The SMILES string of the molecule is CC(C)Cc1nnc(NC(=O)c2ccc(N3CCOCC3)cc2)s1. The number of aromatic nitrogens is 2. The molecule has 24 heavy (non-hydrogen) atoms. The highest BCUT2D eigenvalue weighted by Crippen LogP contribution is 2.20. The first-order chi connectivity index (χ1) is 11.6. The van der Waals surface area contributed by atoms with Crippen LogP contribution in [0.1, 0.15) is 29.2 Å². The van der Waals surface area contributed by atoms with Gasteiger partial charge in [0, 0.05) is 30.8 Å². The van der Waals surface area contributed by atoms with E-state index in [-0.39, 0.29) is 5.91 Å². The average molecular weight is 346 g/mol. The van der Waals surface area contributed by atoms with Crippen molar-refractivity contribution in [1.29, 1.82) is 0 Å². The first kappa shape index (κ1) is 16.9. The number of benzene rings is 1. The third-order valence-electron chi connectivity index (χ3n) is 3.78. The first-order valence-corrected chi connectivity index (χ1v) is 9.00. The quantitative estimate of drug-likeness (QED) is 0.902. The summed E-state index contributed by atoms with van der Waals surface area (Å²) in [5.41, 5.74) is 1.73. The molecule has 0 spiro atoms. The van der Waals surface area contributed by atoms with Gasteiger partial charge < -0.3 is 9.64 Å². The molecule has 128 valence electrons. The van der Waals surface area contributed by atoms with E-state index in [9.17, 15) is 4.79 Å². The number of hydrogen-bond acceptors (Lipinski definition) is 6. The van der Waals surface area contributed by atoms with Crippen molar-refractivity contribution in [2.24, 2.45) is 5.92 Å². The zero-order valence-corrected chi connectivity index (χ0v) is 14.8. The molecule has 0 unspecified atom stereocenters. The Kier molecular flexibility index (Phi) is 5.42. The van der Waals surface area contributed by atoms with Crippen LogP contribution < -0.4 is 10.2 Å². The molecule has 1 aliphatic rings. The lowest BCUT2D eigenvalue weighted by Crippen LogP contribution is -2.36. The van der Waals surface area contributed by atoms with Crippen LogP contribution in [0.4, 0.5) is 10.8 Å². The molecule has 7 heteroatoms. The number of nitrogens with zero attached hydrogens (tertiary/aromatic N) is 3. The number of amides is 1. The van der Waals surface area contributed by atoms with Gasteiger partial charge in [0.1, 0.15) is 5.01 Å². The van der Waals surface area contributed by atoms with Crippen LogP contribution in [0.5, 0.6) is 0 Å². The number of anilines is 2. The summed E-state index contributed by atoms with van der Waals surface area (Å²) in [5.74, 6) is 0.366. The van der Waals surface area contributed by atoms with Gasteiger partial charge in [-0.25, -0.2) is 0 Å². The van der Waals surface area contributed by atoms with Crippen LogP contribution in [0.15, 0.2) is 24.3 Å². The molecule has 1 N–H and O–H groups in total. The van der Waals surface area contributed by atoms with E-state index < -0.39 is 0 Å². The zero-order chi connectivity index (χ0) is 16.9. The average Bonchev–Trinajstić information content (AvgIpc) is 3.02.